The van der Waals surface area contributed by atoms with Crippen molar-refractivity contribution in [3.8, 4) is 5.75 Å². The fraction of sp³-hybridized carbons (Fsp3) is 0.500. The van der Waals surface area contributed by atoms with Gasteiger partial charge in [-0.2, -0.15) is 0 Å². The maximum absolute atomic E-state index is 12.2. The SMILES string of the molecule is C[C@H](Cl)CN(C[C@@H](C)Cl)C(=O)Oc1ccc(C[C@H](N)C(=O)O)cc1. The lowest BCUT2D eigenvalue weighted by molar-refractivity contribution is -0.138. The molecule has 0 spiro atoms. The first kappa shape index (κ1) is 20.5. The van der Waals surface area contributed by atoms with E-state index in [1.807, 2.05) is 0 Å². The van der Waals surface area contributed by atoms with Crippen LogP contribution in [0, 0.1) is 0 Å². The van der Waals surface area contributed by atoms with Crippen LogP contribution in [0.4, 0.5) is 4.79 Å². The van der Waals surface area contributed by atoms with Crippen molar-refractivity contribution < 1.29 is 19.4 Å². The fourth-order valence-electron chi connectivity index (χ4n) is 2.03. The molecule has 1 aromatic rings. The predicted molar refractivity (Wildman–Crippen MR) is 94.0 cm³/mol. The van der Waals surface area contributed by atoms with Crippen molar-refractivity contribution in [1.29, 1.82) is 0 Å². The van der Waals surface area contributed by atoms with E-state index in [1.165, 1.54) is 4.90 Å². The van der Waals surface area contributed by atoms with E-state index in [0.717, 1.165) is 5.56 Å². The van der Waals surface area contributed by atoms with Crippen LogP contribution in [-0.2, 0) is 11.2 Å². The van der Waals surface area contributed by atoms with Gasteiger partial charge in [0.1, 0.15) is 11.8 Å². The Morgan fingerprint density at radius 3 is 2.08 bits per heavy atom. The molecule has 0 aliphatic heterocycles. The number of aliphatic carboxylic acids is 1. The number of carboxylic acids is 1. The van der Waals surface area contributed by atoms with Gasteiger partial charge in [-0.25, -0.2) is 4.79 Å². The zero-order valence-electron chi connectivity index (χ0n) is 13.6. The molecule has 0 heterocycles. The van der Waals surface area contributed by atoms with Crippen LogP contribution in [0.2, 0.25) is 0 Å². The number of carboxylic acid groups (broad SMARTS) is 1. The second-order valence-electron chi connectivity index (χ2n) is 5.63. The summed E-state index contributed by atoms with van der Waals surface area (Å²) in [7, 11) is 0. The first-order valence-corrected chi connectivity index (χ1v) is 8.38. The molecule has 0 bridgehead atoms. The molecule has 0 fully saturated rings. The van der Waals surface area contributed by atoms with Crippen molar-refractivity contribution in [2.24, 2.45) is 5.73 Å². The topological polar surface area (TPSA) is 92.9 Å². The Balaban J connectivity index is 2.69. The van der Waals surface area contributed by atoms with E-state index in [9.17, 15) is 9.59 Å². The highest BCUT2D eigenvalue weighted by molar-refractivity contribution is 6.21. The Morgan fingerprint density at radius 1 is 1.17 bits per heavy atom. The number of rotatable bonds is 8. The van der Waals surface area contributed by atoms with Gasteiger partial charge in [0.15, 0.2) is 0 Å². The highest BCUT2D eigenvalue weighted by Crippen LogP contribution is 2.15. The third-order valence-electron chi connectivity index (χ3n) is 3.10. The molecule has 134 valence electrons. The second kappa shape index (κ2) is 9.71. The summed E-state index contributed by atoms with van der Waals surface area (Å²) in [5.41, 5.74) is 6.22. The average Bonchev–Trinajstić information content (AvgIpc) is 2.47. The van der Waals surface area contributed by atoms with Gasteiger partial charge in [-0.05, 0) is 38.0 Å². The van der Waals surface area contributed by atoms with Gasteiger partial charge >= 0.3 is 12.1 Å². The van der Waals surface area contributed by atoms with Gasteiger partial charge in [0, 0.05) is 23.8 Å². The van der Waals surface area contributed by atoms with Gasteiger partial charge in [-0.3, -0.25) is 4.79 Å². The molecule has 0 unspecified atom stereocenters. The van der Waals surface area contributed by atoms with Crippen LogP contribution >= 0.6 is 23.2 Å². The molecule has 1 aromatic carbocycles. The number of hydrogen-bond donors (Lipinski definition) is 2. The first-order chi connectivity index (χ1) is 11.2. The van der Waals surface area contributed by atoms with Crippen LogP contribution in [0.1, 0.15) is 19.4 Å². The molecule has 24 heavy (non-hydrogen) atoms. The molecule has 3 N–H and O–H groups in total. The van der Waals surface area contributed by atoms with Crippen molar-refractivity contribution in [3.05, 3.63) is 29.8 Å². The van der Waals surface area contributed by atoms with Crippen LogP contribution in [0.3, 0.4) is 0 Å². The molecule has 0 saturated heterocycles. The highest BCUT2D eigenvalue weighted by Gasteiger charge is 2.20. The molecule has 0 aliphatic rings. The molecule has 0 aliphatic carbocycles. The van der Waals surface area contributed by atoms with Crippen molar-refractivity contribution in [1.82, 2.24) is 4.90 Å². The standard InChI is InChI=1S/C16H22Cl2N2O4/c1-10(17)8-20(9-11(2)18)16(23)24-13-5-3-12(4-6-13)7-14(19)15(21)22/h3-6,10-11,14H,7-9,19H2,1-2H3,(H,21,22)/t10-,11+,14-/m0/s1. The Morgan fingerprint density at radius 2 is 1.67 bits per heavy atom. The minimum Gasteiger partial charge on any atom is -0.480 e. The molecule has 6 nitrogen and oxygen atoms in total. The number of carbonyl (C=O) groups is 2. The lowest BCUT2D eigenvalue weighted by Gasteiger charge is -2.24. The van der Waals surface area contributed by atoms with E-state index in [0.29, 0.717) is 18.8 Å². The third kappa shape index (κ3) is 7.38. The number of amides is 1. The summed E-state index contributed by atoms with van der Waals surface area (Å²) in [5, 5.41) is 8.34. The van der Waals surface area contributed by atoms with Crippen LogP contribution in [0.25, 0.3) is 0 Å². The lowest BCUT2D eigenvalue weighted by Crippen LogP contribution is -2.40. The summed E-state index contributed by atoms with van der Waals surface area (Å²) in [5.74, 6) is -0.714. The molecule has 0 saturated carbocycles. The number of benzene rings is 1. The van der Waals surface area contributed by atoms with Crippen LogP contribution < -0.4 is 10.5 Å². The Hall–Kier alpha value is -1.50. The van der Waals surface area contributed by atoms with Gasteiger partial charge in [0.05, 0.1) is 0 Å². The Bertz CT molecular complexity index is 540. The van der Waals surface area contributed by atoms with Crippen molar-refractivity contribution in [3.63, 3.8) is 0 Å². The highest BCUT2D eigenvalue weighted by atomic mass is 35.5. The summed E-state index contributed by atoms with van der Waals surface area (Å²) in [6.07, 6.45) is -0.339. The normalized spacial score (nSPS) is 14.5. The predicted octanol–water partition coefficient (Wildman–Crippen LogP) is 2.70. The lowest BCUT2D eigenvalue weighted by atomic mass is 10.1. The smallest absolute Gasteiger partial charge is 0.415 e. The quantitative estimate of drug-likeness (QED) is 0.680. The number of nitrogens with zero attached hydrogens (tertiary/aromatic N) is 1. The molecule has 3 atom stereocenters. The molecular formula is C16H22Cl2N2O4. The summed E-state index contributed by atoms with van der Waals surface area (Å²) < 4.78 is 5.31. The van der Waals surface area contributed by atoms with Gasteiger partial charge in [0.25, 0.3) is 0 Å². The Kier molecular flexibility index (Phi) is 8.31. The van der Waals surface area contributed by atoms with Crippen molar-refractivity contribution in [2.75, 3.05) is 13.1 Å². The fourth-order valence-corrected chi connectivity index (χ4v) is 2.36. The van der Waals surface area contributed by atoms with Gasteiger partial charge < -0.3 is 20.5 Å². The zero-order valence-corrected chi connectivity index (χ0v) is 15.1. The van der Waals surface area contributed by atoms with E-state index in [1.54, 1.807) is 38.1 Å². The maximum atomic E-state index is 12.2. The number of carbonyl (C=O) groups excluding carboxylic acids is 1. The van der Waals surface area contributed by atoms with Crippen LogP contribution in [0.5, 0.6) is 5.75 Å². The molecule has 0 radical (unpaired) electrons. The van der Waals surface area contributed by atoms with E-state index < -0.39 is 18.1 Å². The summed E-state index contributed by atoms with van der Waals surface area (Å²) >= 11 is 11.9. The van der Waals surface area contributed by atoms with Crippen molar-refractivity contribution in [2.45, 2.75) is 37.1 Å². The van der Waals surface area contributed by atoms with Gasteiger partial charge in [-0.1, -0.05) is 12.1 Å². The molecule has 1 amide bonds. The van der Waals surface area contributed by atoms with E-state index >= 15 is 0 Å². The largest absolute Gasteiger partial charge is 0.480 e. The molecule has 8 heteroatoms. The average molecular weight is 377 g/mol. The number of halogens is 2. The molecule has 0 aromatic heterocycles. The van der Waals surface area contributed by atoms with E-state index in [-0.39, 0.29) is 17.2 Å². The number of hydrogen-bond acceptors (Lipinski definition) is 4. The number of ether oxygens (including phenoxy) is 1. The summed E-state index contributed by atoms with van der Waals surface area (Å²) in [6, 6.07) is 5.56. The monoisotopic (exact) mass is 376 g/mol. The minimum absolute atomic E-state index is 0.198. The number of alkyl halides is 2. The second-order valence-corrected chi connectivity index (χ2v) is 7.12. The van der Waals surface area contributed by atoms with Gasteiger partial charge in [0.2, 0.25) is 0 Å². The summed E-state index contributed by atoms with van der Waals surface area (Å²) in [6.45, 7) is 4.20. The zero-order chi connectivity index (χ0) is 18.3. The van der Waals surface area contributed by atoms with Gasteiger partial charge in [-0.15, -0.1) is 23.2 Å². The number of nitrogens with two attached hydrogens (primary N) is 1. The molecular weight excluding hydrogens is 355 g/mol. The van der Waals surface area contributed by atoms with Crippen molar-refractivity contribution >= 4 is 35.3 Å². The maximum Gasteiger partial charge on any atom is 0.415 e. The van der Waals surface area contributed by atoms with E-state index in [4.69, 9.17) is 38.8 Å². The van der Waals surface area contributed by atoms with Crippen LogP contribution in [0.15, 0.2) is 24.3 Å². The first-order valence-electron chi connectivity index (χ1n) is 7.51. The molecule has 1 rings (SSSR count). The third-order valence-corrected chi connectivity index (χ3v) is 3.38. The summed E-state index contributed by atoms with van der Waals surface area (Å²) in [4.78, 5) is 24.4. The van der Waals surface area contributed by atoms with Crippen LogP contribution in [-0.4, -0.2) is 52.0 Å². The Labute approximate surface area is 151 Å². The van der Waals surface area contributed by atoms with E-state index in [2.05, 4.69) is 0 Å². The minimum atomic E-state index is -1.06.